The zero-order valence-corrected chi connectivity index (χ0v) is 16.3. The second kappa shape index (κ2) is 7.89. The fourth-order valence-electron chi connectivity index (χ4n) is 3.17. The van der Waals surface area contributed by atoms with E-state index in [-0.39, 0.29) is 18.2 Å². The van der Waals surface area contributed by atoms with Crippen molar-refractivity contribution < 1.29 is 9.59 Å². The molecular weight excluding hydrogens is 376 g/mol. The van der Waals surface area contributed by atoms with Crippen molar-refractivity contribution in [1.29, 1.82) is 0 Å². The number of hydrogen-bond acceptors (Lipinski definition) is 6. The maximum atomic E-state index is 12.4. The maximum absolute atomic E-state index is 12.4. The van der Waals surface area contributed by atoms with E-state index < -0.39 is 0 Å². The van der Waals surface area contributed by atoms with Crippen LogP contribution in [0.3, 0.4) is 0 Å². The predicted octanol–water partition coefficient (Wildman–Crippen LogP) is 2.73. The quantitative estimate of drug-likeness (QED) is 0.692. The van der Waals surface area contributed by atoms with Crippen LogP contribution in [0, 0.1) is 0 Å². The van der Waals surface area contributed by atoms with Crippen molar-refractivity contribution in [3.8, 4) is 11.4 Å². The molecule has 2 aromatic heterocycles. The average Bonchev–Trinajstić information content (AvgIpc) is 3.42. The zero-order valence-electron chi connectivity index (χ0n) is 15.5. The number of benzene rings is 1. The second-order valence-electron chi connectivity index (χ2n) is 6.52. The fraction of sp³-hybridized carbons (Fsp3) is 0.316. The lowest BCUT2D eigenvalue weighted by molar-refractivity contribution is -0.117. The molecule has 1 aliphatic rings. The van der Waals surface area contributed by atoms with Crippen LogP contribution in [0.15, 0.2) is 36.0 Å². The topological polar surface area (TPSA) is 93.0 Å². The molecular formula is C19H20N6O2S. The summed E-state index contributed by atoms with van der Waals surface area (Å²) in [6, 6.07) is 7.53. The molecule has 0 unspecified atom stereocenters. The van der Waals surface area contributed by atoms with Gasteiger partial charge in [-0.3, -0.25) is 14.5 Å². The first kappa shape index (κ1) is 18.3. The summed E-state index contributed by atoms with van der Waals surface area (Å²) in [5, 5.41) is 13.5. The number of carbonyl (C=O) groups is 2. The van der Waals surface area contributed by atoms with E-state index in [1.807, 2.05) is 41.1 Å². The fourth-order valence-corrected chi connectivity index (χ4v) is 4.04. The standard InChI is InChI=1S/C19H20N6O2S/c1-2-24-12-20-23-18(24)13-5-3-6-14(9-13)21-16(26)10-15-11-28-19(22-15)25-8-4-7-17(25)27/h3,5-6,9,11-12H,2,4,7-8,10H2,1H3,(H,21,26). The molecule has 4 rings (SSSR count). The molecule has 2 amide bonds. The molecule has 0 bridgehead atoms. The molecule has 9 heteroatoms. The molecule has 0 atom stereocenters. The van der Waals surface area contributed by atoms with Crippen LogP contribution in [0.5, 0.6) is 0 Å². The highest BCUT2D eigenvalue weighted by Gasteiger charge is 2.24. The van der Waals surface area contributed by atoms with Crippen molar-refractivity contribution in [3.05, 3.63) is 41.7 Å². The number of carbonyl (C=O) groups excluding carboxylic acids is 2. The van der Waals surface area contributed by atoms with Gasteiger partial charge in [-0.15, -0.1) is 21.5 Å². The van der Waals surface area contributed by atoms with Gasteiger partial charge in [0, 0.05) is 36.1 Å². The monoisotopic (exact) mass is 396 g/mol. The molecule has 1 aliphatic heterocycles. The maximum Gasteiger partial charge on any atom is 0.230 e. The molecule has 8 nitrogen and oxygen atoms in total. The molecule has 1 fully saturated rings. The van der Waals surface area contributed by atoms with Crippen molar-refractivity contribution >= 4 is 34.0 Å². The van der Waals surface area contributed by atoms with Crippen LogP contribution in [0.25, 0.3) is 11.4 Å². The van der Waals surface area contributed by atoms with Gasteiger partial charge in [0.15, 0.2) is 11.0 Å². The van der Waals surface area contributed by atoms with E-state index in [1.54, 1.807) is 11.2 Å². The van der Waals surface area contributed by atoms with Crippen molar-refractivity contribution in [1.82, 2.24) is 19.7 Å². The van der Waals surface area contributed by atoms with Crippen LogP contribution >= 0.6 is 11.3 Å². The number of hydrogen-bond donors (Lipinski definition) is 1. The van der Waals surface area contributed by atoms with Gasteiger partial charge in [-0.1, -0.05) is 12.1 Å². The first-order chi connectivity index (χ1) is 13.6. The summed E-state index contributed by atoms with van der Waals surface area (Å²) in [6.07, 6.45) is 3.27. The Morgan fingerprint density at radius 3 is 3.04 bits per heavy atom. The first-order valence-corrected chi connectivity index (χ1v) is 10.0. The Kier molecular flexibility index (Phi) is 5.16. The molecule has 1 saturated heterocycles. The number of aryl methyl sites for hydroxylation is 1. The van der Waals surface area contributed by atoms with Gasteiger partial charge < -0.3 is 9.88 Å². The number of nitrogens with one attached hydrogen (secondary N) is 1. The Morgan fingerprint density at radius 1 is 1.36 bits per heavy atom. The van der Waals surface area contributed by atoms with Crippen molar-refractivity contribution in [2.24, 2.45) is 0 Å². The highest BCUT2D eigenvalue weighted by atomic mass is 32.1. The predicted molar refractivity (Wildman–Crippen MR) is 107 cm³/mol. The summed E-state index contributed by atoms with van der Waals surface area (Å²) >= 11 is 1.40. The van der Waals surface area contributed by atoms with Gasteiger partial charge in [0.25, 0.3) is 0 Å². The Labute approximate surface area is 166 Å². The average molecular weight is 396 g/mol. The normalized spacial score (nSPS) is 13.9. The van der Waals surface area contributed by atoms with Crippen molar-refractivity contribution in [2.75, 3.05) is 16.8 Å². The summed E-state index contributed by atoms with van der Waals surface area (Å²) in [4.78, 5) is 30.4. The van der Waals surface area contributed by atoms with Gasteiger partial charge in [0.1, 0.15) is 6.33 Å². The van der Waals surface area contributed by atoms with E-state index in [4.69, 9.17) is 0 Å². The van der Waals surface area contributed by atoms with Gasteiger partial charge in [0.05, 0.1) is 12.1 Å². The Morgan fingerprint density at radius 2 is 2.25 bits per heavy atom. The van der Waals surface area contributed by atoms with Crippen LogP contribution in [0.4, 0.5) is 10.8 Å². The summed E-state index contributed by atoms with van der Waals surface area (Å²) in [5.41, 5.74) is 2.25. The number of aromatic nitrogens is 4. The minimum atomic E-state index is -0.154. The van der Waals surface area contributed by atoms with Gasteiger partial charge in [-0.25, -0.2) is 4.98 Å². The third kappa shape index (κ3) is 3.79. The molecule has 28 heavy (non-hydrogen) atoms. The molecule has 1 aromatic carbocycles. The number of thiazole rings is 1. The lowest BCUT2D eigenvalue weighted by atomic mass is 10.2. The molecule has 0 aliphatic carbocycles. The summed E-state index contributed by atoms with van der Waals surface area (Å²) in [6.45, 7) is 3.49. The second-order valence-corrected chi connectivity index (χ2v) is 7.35. The number of anilines is 2. The van der Waals surface area contributed by atoms with Crippen LogP contribution in [0.2, 0.25) is 0 Å². The largest absolute Gasteiger partial charge is 0.326 e. The number of nitrogens with zero attached hydrogens (tertiary/aromatic N) is 5. The Bertz CT molecular complexity index is 1010. The lowest BCUT2D eigenvalue weighted by Crippen LogP contribution is -2.23. The molecule has 3 aromatic rings. The van der Waals surface area contributed by atoms with Gasteiger partial charge in [-0.05, 0) is 25.5 Å². The Balaban J connectivity index is 1.42. The third-order valence-electron chi connectivity index (χ3n) is 4.55. The number of rotatable bonds is 6. The zero-order chi connectivity index (χ0) is 19.5. The first-order valence-electron chi connectivity index (χ1n) is 9.17. The molecule has 3 heterocycles. The molecule has 0 spiro atoms. The van der Waals surface area contributed by atoms with Gasteiger partial charge in [0.2, 0.25) is 11.8 Å². The summed E-state index contributed by atoms with van der Waals surface area (Å²) in [5.74, 6) is 0.707. The van der Waals surface area contributed by atoms with Crippen LogP contribution in [-0.4, -0.2) is 38.1 Å². The minimum absolute atomic E-state index is 0.0992. The molecule has 144 valence electrons. The van der Waals surface area contributed by atoms with E-state index in [1.165, 1.54) is 11.3 Å². The molecule has 0 saturated carbocycles. The minimum Gasteiger partial charge on any atom is -0.326 e. The molecule has 0 radical (unpaired) electrons. The van der Waals surface area contributed by atoms with Crippen molar-refractivity contribution in [3.63, 3.8) is 0 Å². The van der Waals surface area contributed by atoms with E-state index in [0.29, 0.717) is 29.5 Å². The van der Waals surface area contributed by atoms with E-state index in [0.717, 1.165) is 24.4 Å². The SMILES string of the molecule is CCn1cnnc1-c1cccc(NC(=O)Cc2csc(N3CCCC3=O)n2)c1. The molecule has 1 N–H and O–H groups in total. The number of amides is 2. The van der Waals surface area contributed by atoms with Gasteiger partial charge >= 0.3 is 0 Å². The van der Waals surface area contributed by atoms with E-state index >= 15 is 0 Å². The van der Waals surface area contributed by atoms with Crippen molar-refractivity contribution in [2.45, 2.75) is 32.7 Å². The highest BCUT2D eigenvalue weighted by Crippen LogP contribution is 2.26. The van der Waals surface area contributed by atoms with Crippen LogP contribution in [0.1, 0.15) is 25.5 Å². The highest BCUT2D eigenvalue weighted by molar-refractivity contribution is 7.14. The third-order valence-corrected chi connectivity index (χ3v) is 5.46. The van der Waals surface area contributed by atoms with Crippen LogP contribution in [-0.2, 0) is 22.6 Å². The smallest absolute Gasteiger partial charge is 0.230 e. The van der Waals surface area contributed by atoms with Crippen LogP contribution < -0.4 is 10.2 Å². The van der Waals surface area contributed by atoms with E-state index in [9.17, 15) is 9.59 Å². The summed E-state index contributed by atoms with van der Waals surface area (Å²) < 4.78 is 1.94. The van der Waals surface area contributed by atoms with Gasteiger partial charge in [-0.2, -0.15) is 0 Å². The summed E-state index contributed by atoms with van der Waals surface area (Å²) in [7, 11) is 0. The van der Waals surface area contributed by atoms with E-state index in [2.05, 4.69) is 20.5 Å². The Hall–Kier alpha value is -3.07. The lowest BCUT2D eigenvalue weighted by Gasteiger charge is -2.10.